The molecule has 0 bridgehead atoms. The lowest BCUT2D eigenvalue weighted by Gasteiger charge is -2.26. The first-order valence-corrected chi connectivity index (χ1v) is 6.73. The smallest absolute Gasteiger partial charge is 0.356 e. The number of carboxylic acids is 1. The molecule has 21 heavy (non-hydrogen) atoms. The Hall–Kier alpha value is -2.50. The summed E-state index contributed by atoms with van der Waals surface area (Å²) in [5.74, 6) is -0.879. The fraction of sp³-hybridized carbons (Fsp3) is 0.267. The molecule has 5 nitrogen and oxygen atoms in total. The minimum Gasteiger partial charge on any atom is -0.476 e. The molecule has 0 amide bonds. The van der Waals surface area contributed by atoms with Gasteiger partial charge in [-0.05, 0) is 42.5 Å². The van der Waals surface area contributed by atoms with Crippen molar-refractivity contribution in [2.24, 2.45) is 0 Å². The molecule has 0 radical (unpaired) electrons. The lowest BCUT2D eigenvalue weighted by atomic mass is 9.87. The van der Waals surface area contributed by atoms with Gasteiger partial charge in [-0.3, -0.25) is 0 Å². The molecule has 1 atom stereocenters. The van der Waals surface area contributed by atoms with Crippen LogP contribution in [0.25, 0.3) is 0 Å². The Kier molecular flexibility index (Phi) is 3.51. The van der Waals surface area contributed by atoms with Crippen LogP contribution in [0.2, 0.25) is 0 Å². The van der Waals surface area contributed by atoms with Gasteiger partial charge in [0.05, 0.1) is 18.4 Å². The van der Waals surface area contributed by atoms with E-state index in [9.17, 15) is 9.18 Å². The minimum atomic E-state index is -1.11. The van der Waals surface area contributed by atoms with Crippen molar-refractivity contribution in [3.63, 3.8) is 0 Å². The second kappa shape index (κ2) is 5.47. The van der Waals surface area contributed by atoms with Crippen molar-refractivity contribution < 1.29 is 14.3 Å². The number of rotatable bonds is 3. The SMILES string of the molecule is O=C(O)c1cnc(N[C@H]2CCCc3ccc(F)cc32)cn1. The molecule has 1 aliphatic rings. The van der Waals surface area contributed by atoms with Crippen LogP contribution < -0.4 is 5.32 Å². The number of carbonyl (C=O) groups is 1. The maximum absolute atomic E-state index is 13.4. The summed E-state index contributed by atoms with van der Waals surface area (Å²) in [5, 5.41) is 12.0. The molecule has 3 rings (SSSR count). The highest BCUT2D eigenvalue weighted by Gasteiger charge is 2.21. The van der Waals surface area contributed by atoms with Crippen molar-refractivity contribution >= 4 is 11.8 Å². The van der Waals surface area contributed by atoms with Crippen LogP contribution in [0.1, 0.15) is 40.5 Å². The van der Waals surface area contributed by atoms with E-state index >= 15 is 0 Å². The predicted molar refractivity (Wildman–Crippen MR) is 74.7 cm³/mol. The minimum absolute atomic E-state index is 0.0329. The van der Waals surface area contributed by atoms with Crippen LogP contribution in [0.3, 0.4) is 0 Å². The number of anilines is 1. The molecular formula is C15H14FN3O2. The maximum Gasteiger partial charge on any atom is 0.356 e. The first kappa shape index (κ1) is 13.5. The van der Waals surface area contributed by atoms with Gasteiger partial charge in [-0.25, -0.2) is 19.2 Å². The standard InChI is InChI=1S/C15H14FN3O2/c16-10-5-4-9-2-1-3-12(11(9)6-10)19-14-8-17-13(7-18-14)15(20)21/h4-8,12H,1-3H2,(H,18,19)(H,20,21)/t12-/m0/s1. The van der Waals surface area contributed by atoms with E-state index in [2.05, 4.69) is 15.3 Å². The second-order valence-electron chi connectivity index (χ2n) is 5.02. The molecule has 0 saturated carbocycles. The summed E-state index contributed by atoms with van der Waals surface area (Å²) in [6.07, 6.45) is 5.42. The van der Waals surface area contributed by atoms with Gasteiger partial charge in [0, 0.05) is 0 Å². The van der Waals surface area contributed by atoms with Gasteiger partial charge in [0.25, 0.3) is 0 Å². The topological polar surface area (TPSA) is 75.1 Å². The zero-order valence-corrected chi connectivity index (χ0v) is 11.2. The summed E-state index contributed by atoms with van der Waals surface area (Å²) in [6, 6.07) is 4.81. The maximum atomic E-state index is 13.4. The molecule has 2 aromatic rings. The number of benzene rings is 1. The van der Waals surface area contributed by atoms with Crippen molar-refractivity contribution in [2.45, 2.75) is 25.3 Å². The molecule has 108 valence electrons. The van der Waals surface area contributed by atoms with Crippen LogP contribution in [0.5, 0.6) is 0 Å². The molecule has 0 fully saturated rings. The van der Waals surface area contributed by atoms with E-state index in [1.807, 2.05) is 6.07 Å². The summed E-state index contributed by atoms with van der Waals surface area (Å²) < 4.78 is 13.4. The summed E-state index contributed by atoms with van der Waals surface area (Å²) in [6.45, 7) is 0. The van der Waals surface area contributed by atoms with E-state index in [4.69, 9.17) is 5.11 Å². The molecule has 0 unspecified atom stereocenters. The average molecular weight is 287 g/mol. The second-order valence-corrected chi connectivity index (χ2v) is 5.02. The van der Waals surface area contributed by atoms with Gasteiger partial charge in [0.1, 0.15) is 11.6 Å². The van der Waals surface area contributed by atoms with Crippen LogP contribution in [0.4, 0.5) is 10.2 Å². The molecule has 1 heterocycles. The van der Waals surface area contributed by atoms with E-state index in [1.165, 1.54) is 18.5 Å². The fourth-order valence-corrected chi connectivity index (χ4v) is 2.61. The number of aromatic carboxylic acids is 1. The largest absolute Gasteiger partial charge is 0.476 e. The third kappa shape index (κ3) is 2.84. The number of carboxylic acid groups (broad SMARTS) is 1. The molecule has 1 aliphatic carbocycles. The summed E-state index contributed by atoms with van der Waals surface area (Å²) >= 11 is 0. The van der Waals surface area contributed by atoms with E-state index in [-0.39, 0.29) is 17.6 Å². The number of aryl methyl sites for hydroxylation is 1. The number of halogens is 1. The number of fused-ring (bicyclic) bond motifs is 1. The molecule has 0 aliphatic heterocycles. The summed E-state index contributed by atoms with van der Waals surface area (Å²) in [7, 11) is 0. The van der Waals surface area contributed by atoms with Crippen molar-refractivity contribution in [2.75, 3.05) is 5.32 Å². The fourth-order valence-electron chi connectivity index (χ4n) is 2.61. The third-order valence-electron chi connectivity index (χ3n) is 3.62. The van der Waals surface area contributed by atoms with E-state index < -0.39 is 5.97 Å². The van der Waals surface area contributed by atoms with Gasteiger partial charge in [-0.1, -0.05) is 6.07 Å². The number of aromatic nitrogens is 2. The zero-order chi connectivity index (χ0) is 14.8. The van der Waals surface area contributed by atoms with Crippen molar-refractivity contribution in [1.29, 1.82) is 0 Å². The zero-order valence-electron chi connectivity index (χ0n) is 11.2. The Labute approximate surface area is 120 Å². The molecule has 2 N–H and O–H groups in total. The first-order valence-electron chi connectivity index (χ1n) is 6.73. The summed E-state index contributed by atoms with van der Waals surface area (Å²) in [5.41, 5.74) is 1.97. The lowest BCUT2D eigenvalue weighted by Crippen LogP contribution is -2.18. The molecule has 0 saturated heterocycles. The van der Waals surface area contributed by atoms with Crippen LogP contribution >= 0.6 is 0 Å². The number of hydrogen-bond donors (Lipinski definition) is 2. The highest BCUT2D eigenvalue weighted by atomic mass is 19.1. The lowest BCUT2D eigenvalue weighted by molar-refractivity contribution is 0.0690. The molecule has 1 aromatic heterocycles. The highest BCUT2D eigenvalue weighted by molar-refractivity contribution is 5.84. The Balaban J connectivity index is 1.83. The molecule has 1 aromatic carbocycles. The Morgan fingerprint density at radius 2 is 2.19 bits per heavy atom. The van der Waals surface area contributed by atoms with E-state index in [0.717, 1.165) is 30.4 Å². The average Bonchev–Trinajstić information content (AvgIpc) is 2.48. The first-order chi connectivity index (χ1) is 10.1. The van der Waals surface area contributed by atoms with Crippen LogP contribution in [-0.4, -0.2) is 21.0 Å². The van der Waals surface area contributed by atoms with Gasteiger partial charge in [-0.15, -0.1) is 0 Å². The Bertz CT molecular complexity index is 673. The molecule has 6 heteroatoms. The number of hydrogen-bond acceptors (Lipinski definition) is 4. The predicted octanol–water partition coefficient (Wildman–Crippen LogP) is 2.80. The summed E-state index contributed by atoms with van der Waals surface area (Å²) in [4.78, 5) is 18.6. The van der Waals surface area contributed by atoms with Crippen molar-refractivity contribution in [1.82, 2.24) is 9.97 Å². The van der Waals surface area contributed by atoms with Crippen molar-refractivity contribution in [3.05, 3.63) is 53.2 Å². The van der Waals surface area contributed by atoms with E-state index in [0.29, 0.717) is 5.82 Å². The van der Waals surface area contributed by atoms with E-state index in [1.54, 1.807) is 6.07 Å². The third-order valence-corrected chi connectivity index (χ3v) is 3.62. The van der Waals surface area contributed by atoms with Crippen molar-refractivity contribution in [3.8, 4) is 0 Å². The Morgan fingerprint density at radius 3 is 2.90 bits per heavy atom. The Morgan fingerprint density at radius 1 is 1.33 bits per heavy atom. The van der Waals surface area contributed by atoms with Crippen LogP contribution in [0, 0.1) is 5.82 Å². The van der Waals surface area contributed by atoms with Gasteiger partial charge in [-0.2, -0.15) is 0 Å². The van der Waals surface area contributed by atoms with Gasteiger partial charge >= 0.3 is 5.97 Å². The normalized spacial score (nSPS) is 17.1. The van der Waals surface area contributed by atoms with Crippen LogP contribution in [0.15, 0.2) is 30.6 Å². The number of nitrogens with one attached hydrogen (secondary N) is 1. The number of nitrogens with zero attached hydrogens (tertiary/aromatic N) is 2. The quantitative estimate of drug-likeness (QED) is 0.908. The monoisotopic (exact) mass is 287 g/mol. The molecular weight excluding hydrogens is 273 g/mol. The van der Waals surface area contributed by atoms with Gasteiger partial charge in [0.15, 0.2) is 5.69 Å². The van der Waals surface area contributed by atoms with Crippen LogP contribution in [-0.2, 0) is 6.42 Å². The molecule has 0 spiro atoms. The van der Waals surface area contributed by atoms with Gasteiger partial charge in [0.2, 0.25) is 0 Å². The highest BCUT2D eigenvalue weighted by Crippen LogP contribution is 2.32. The van der Waals surface area contributed by atoms with Gasteiger partial charge < -0.3 is 10.4 Å².